The van der Waals surface area contributed by atoms with Crippen LogP contribution in [-0.4, -0.2) is 167 Å². The molecule has 3 fully saturated rings. The summed E-state index contributed by atoms with van der Waals surface area (Å²) in [5.74, 6) is -11.2. The molecular formula is C44H62N10O15. The number of nitrogens with two attached hydrogens (primary N) is 1. The third-order valence-corrected chi connectivity index (χ3v) is 11.7. The number of amides is 11. The van der Waals surface area contributed by atoms with E-state index in [4.69, 9.17) is 15.2 Å². The largest absolute Gasteiger partial charge is 0.508 e. The number of primary amides is 1. The molecular weight excluding hydrogens is 909 g/mol. The van der Waals surface area contributed by atoms with E-state index >= 15 is 0 Å². The molecule has 0 spiro atoms. The second-order valence-corrected chi connectivity index (χ2v) is 17.6. The van der Waals surface area contributed by atoms with Gasteiger partial charge in [-0.25, -0.2) is 4.79 Å². The highest BCUT2D eigenvalue weighted by Crippen LogP contribution is 2.26. The number of methoxy groups -OCH3 is 1. The van der Waals surface area contributed by atoms with Gasteiger partial charge < -0.3 is 67.1 Å². The van der Waals surface area contributed by atoms with Crippen molar-refractivity contribution in [2.45, 2.75) is 121 Å². The lowest BCUT2D eigenvalue weighted by atomic mass is 9.98. The average molecular weight is 971 g/mol. The maximum atomic E-state index is 14.6. The number of benzene rings is 1. The number of para-hydroxylation sites is 1. The molecule has 3 aliphatic rings. The molecule has 378 valence electrons. The van der Waals surface area contributed by atoms with Gasteiger partial charge in [0.2, 0.25) is 47.5 Å². The van der Waals surface area contributed by atoms with Gasteiger partial charge in [-0.2, -0.15) is 0 Å². The van der Waals surface area contributed by atoms with Crippen molar-refractivity contribution in [2.24, 2.45) is 17.6 Å². The fourth-order valence-corrected chi connectivity index (χ4v) is 7.86. The molecule has 0 aromatic heterocycles. The lowest BCUT2D eigenvalue weighted by Crippen LogP contribution is -2.63. The molecule has 1 aromatic carbocycles. The number of carbonyl (C=O) groups is 11. The highest BCUT2D eigenvalue weighted by atomic mass is 16.6. The Morgan fingerprint density at radius 1 is 0.884 bits per heavy atom. The van der Waals surface area contributed by atoms with Gasteiger partial charge in [0.1, 0.15) is 35.6 Å². The van der Waals surface area contributed by atoms with Crippen LogP contribution in [0.3, 0.4) is 0 Å². The third kappa shape index (κ3) is 14.4. The standard InChI is InChI=1S/C44H62N10O15/c1-8-24-42(65)53(6)19-31(57)50-33(35-41(64)52-44(67)69-35)39(62)51-32(22(5)68-7)43(66)54-18-21(4)15-28(54)38(61)49-26(16-23-11-9-10-12-29(23)55)36(59)48-27(17-30(45)56)37(60)47-25(14-13-20(2)3)34(58)40(63)46-24/h8-12,20-22,25-28,32-35,55,58H,13-19H2,1-7H3,(H2,45,56)(H,46,63)(H,47,60)(H,48,59)(H,49,61)(H,50,57)(H,51,62)(H,52,64,67)/b24-8-/t21-,22+,25+,26-,27-,28-,32-,33+,34+,35-/m0/s1. The number of cyclic esters (lactones) is 1. The van der Waals surface area contributed by atoms with E-state index in [1.807, 2.05) is 19.2 Å². The first-order valence-corrected chi connectivity index (χ1v) is 22.3. The Bertz CT molecular complexity index is 2200. The van der Waals surface area contributed by atoms with Gasteiger partial charge in [0.15, 0.2) is 12.1 Å². The summed E-state index contributed by atoms with van der Waals surface area (Å²) in [5.41, 5.74) is 5.23. The predicted molar refractivity (Wildman–Crippen MR) is 239 cm³/mol. The Morgan fingerprint density at radius 2 is 1.54 bits per heavy atom. The number of alkyl carbamates (subject to hydrolysis) is 1. The predicted octanol–water partition coefficient (Wildman–Crippen LogP) is -3.57. The third-order valence-electron chi connectivity index (χ3n) is 11.7. The number of phenols is 1. The lowest BCUT2D eigenvalue weighted by molar-refractivity contribution is -0.146. The van der Waals surface area contributed by atoms with Gasteiger partial charge in [-0.15, -0.1) is 0 Å². The summed E-state index contributed by atoms with van der Waals surface area (Å²) < 4.78 is 10.5. The topological polar surface area (TPSA) is 363 Å². The maximum absolute atomic E-state index is 14.6. The molecule has 0 bridgehead atoms. The minimum Gasteiger partial charge on any atom is -0.508 e. The Morgan fingerprint density at radius 3 is 2.13 bits per heavy atom. The van der Waals surface area contributed by atoms with Crippen LogP contribution in [0, 0.1) is 11.8 Å². The van der Waals surface area contributed by atoms with E-state index in [9.17, 15) is 63.0 Å². The molecule has 11 amide bonds. The van der Waals surface area contributed by atoms with Gasteiger partial charge in [-0.1, -0.05) is 45.0 Å². The van der Waals surface area contributed by atoms with Crippen LogP contribution >= 0.6 is 0 Å². The van der Waals surface area contributed by atoms with Crippen molar-refractivity contribution >= 4 is 65.2 Å². The second-order valence-electron chi connectivity index (χ2n) is 17.6. The van der Waals surface area contributed by atoms with Gasteiger partial charge in [0, 0.05) is 27.1 Å². The van der Waals surface area contributed by atoms with Crippen LogP contribution in [0.1, 0.15) is 65.9 Å². The monoisotopic (exact) mass is 970 g/mol. The molecule has 3 aliphatic heterocycles. The SMILES string of the molecule is C/C=C1\NC(=O)[C@H](O)[C@@H](CCC(C)C)NC(=O)[C@H](CC(N)=O)NC(=O)[C@H](Cc2ccccc2O)NC(=O)[C@@H]2C[C@H](C)CN2C(=O)[C@H]([C@@H](C)OC)NC(=O)[C@@H]([C@@H]2OC(=O)NC2=O)NC(=O)CN(C)C1=O. The van der Waals surface area contributed by atoms with Crippen molar-refractivity contribution in [2.75, 3.05) is 27.2 Å². The summed E-state index contributed by atoms with van der Waals surface area (Å²) in [6, 6.07) is -3.92. The minimum atomic E-state index is -2.07. The summed E-state index contributed by atoms with van der Waals surface area (Å²) >= 11 is 0. The molecule has 0 unspecified atom stereocenters. The van der Waals surface area contributed by atoms with Crippen LogP contribution in [0.5, 0.6) is 5.75 Å². The molecule has 3 saturated heterocycles. The first-order valence-electron chi connectivity index (χ1n) is 22.3. The number of imide groups is 1. The molecule has 0 saturated carbocycles. The van der Waals surface area contributed by atoms with Crippen LogP contribution in [0.25, 0.3) is 0 Å². The molecule has 4 rings (SSSR count). The highest BCUT2D eigenvalue weighted by Gasteiger charge is 2.47. The number of aliphatic hydroxyl groups excluding tert-OH is 1. The maximum Gasteiger partial charge on any atom is 0.414 e. The molecule has 11 N–H and O–H groups in total. The van der Waals surface area contributed by atoms with E-state index in [1.54, 1.807) is 13.0 Å². The molecule has 25 nitrogen and oxygen atoms in total. The summed E-state index contributed by atoms with van der Waals surface area (Å²) in [6.45, 7) is 7.24. The van der Waals surface area contributed by atoms with E-state index in [0.29, 0.717) is 6.42 Å². The number of nitrogens with one attached hydrogen (secondary N) is 7. The van der Waals surface area contributed by atoms with E-state index in [-0.39, 0.29) is 42.5 Å². The van der Waals surface area contributed by atoms with Crippen LogP contribution in [0.4, 0.5) is 4.79 Å². The van der Waals surface area contributed by atoms with Crippen molar-refractivity contribution in [1.82, 2.24) is 47.0 Å². The van der Waals surface area contributed by atoms with Gasteiger partial charge >= 0.3 is 6.09 Å². The van der Waals surface area contributed by atoms with Crippen LogP contribution < -0.4 is 43.0 Å². The number of fused-ring (bicyclic) bond motifs is 1. The number of carbonyl (C=O) groups excluding carboxylic acids is 11. The zero-order chi connectivity index (χ0) is 51.4. The van der Waals surface area contributed by atoms with Gasteiger partial charge in [-0.3, -0.25) is 53.3 Å². The average Bonchev–Trinajstić information content (AvgIpc) is 3.85. The minimum absolute atomic E-state index is 0.0271. The molecule has 0 radical (unpaired) electrons. The Balaban J connectivity index is 1.84. The molecule has 10 atom stereocenters. The summed E-state index contributed by atoms with van der Waals surface area (Å²) in [4.78, 5) is 152. The number of phenolic OH excluding ortho intramolecular Hbond substituents is 1. The van der Waals surface area contributed by atoms with Crippen molar-refractivity contribution in [3.63, 3.8) is 0 Å². The van der Waals surface area contributed by atoms with Gasteiger partial charge in [0.05, 0.1) is 25.1 Å². The number of ether oxygens (including phenoxy) is 2. The first-order chi connectivity index (χ1) is 32.4. The number of allylic oxidation sites excluding steroid dienone is 1. The van der Waals surface area contributed by atoms with Crippen LogP contribution in [0.15, 0.2) is 36.0 Å². The van der Waals surface area contributed by atoms with E-state index in [1.165, 1.54) is 39.2 Å². The van der Waals surface area contributed by atoms with Gasteiger partial charge in [0.25, 0.3) is 17.7 Å². The summed E-state index contributed by atoms with van der Waals surface area (Å²) in [5, 5.41) is 38.5. The Kier molecular flexibility index (Phi) is 19.1. The van der Waals surface area contributed by atoms with Crippen LogP contribution in [0.2, 0.25) is 0 Å². The molecule has 1 aromatic rings. The molecule has 69 heavy (non-hydrogen) atoms. The van der Waals surface area contributed by atoms with Crippen LogP contribution in [-0.2, 0) is 63.8 Å². The number of rotatable bonds is 10. The number of aliphatic hydroxyl groups is 1. The summed E-state index contributed by atoms with van der Waals surface area (Å²) in [7, 11) is 2.36. The molecule has 25 heteroatoms. The Labute approximate surface area is 397 Å². The number of nitrogens with zero attached hydrogens (tertiary/aromatic N) is 2. The number of hydrogen-bond acceptors (Lipinski definition) is 15. The highest BCUT2D eigenvalue weighted by molar-refractivity contribution is 6.06. The fraction of sp³-hybridized carbons (Fsp3) is 0.568. The normalized spacial score (nSPS) is 28.5. The zero-order valence-electron chi connectivity index (χ0n) is 39.4. The Hall–Kier alpha value is -7.15. The number of aromatic hydroxyl groups is 1. The lowest BCUT2D eigenvalue weighted by Gasteiger charge is -2.33. The zero-order valence-corrected chi connectivity index (χ0v) is 39.4. The number of hydrogen-bond donors (Lipinski definition) is 10. The van der Waals surface area contributed by atoms with E-state index in [0.717, 1.165) is 22.9 Å². The fourth-order valence-electron chi connectivity index (χ4n) is 7.86. The van der Waals surface area contributed by atoms with Crippen molar-refractivity contribution in [3.05, 3.63) is 41.6 Å². The quantitative estimate of drug-likeness (QED) is 0.101. The summed E-state index contributed by atoms with van der Waals surface area (Å²) in [6.07, 6.45) is -6.18. The van der Waals surface area contributed by atoms with Crippen molar-refractivity contribution in [3.8, 4) is 5.75 Å². The molecule has 0 aliphatic carbocycles. The second kappa shape index (κ2) is 24.2. The smallest absolute Gasteiger partial charge is 0.414 e. The van der Waals surface area contributed by atoms with Crippen molar-refractivity contribution in [1.29, 1.82) is 0 Å². The van der Waals surface area contributed by atoms with Gasteiger partial charge in [-0.05, 0) is 56.6 Å². The van der Waals surface area contributed by atoms with E-state index < -0.39 is 145 Å². The van der Waals surface area contributed by atoms with E-state index in [2.05, 4.69) is 31.9 Å². The first kappa shape index (κ1) is 54.5. The van der Waals surface area contributed by atoms with Crippen molar-refractivity contribution < 1.29 is 72.4 Å². The number of likely N-dealkylation sites (N-methyl/N-ethyl adjacent to an activating group) is 1. The molecule has 3 heterocycles.